The van der Waals surface area contributed by atoms with Gasteiger partial charge in [0.2, 0.25) is 0 Å². The number of hydrogen-bond donors (Lipinski definition) is 1. The lowest BCUT2D eigenvalue weighted by Gasteiger charge is -2.30. The van der Waals surface area contributed by atoms with Crippen molar-refractivity contribution >= 4 is 0 Å². The molecule has 1 N–H and O–H groups in total. The highest BCUT2D eigenvalue weighted by molar-refractivity contribution is 5.38. The molecule has 0 aliphatic heterocycles. The monoisotopic (exact) mass is 387 g/mol. The van der Waals surface area contributed by atoms with E-state index >= 15 is 0 Å². The van der Waals surface area contributed by atoms with Gasteiger partial charge in [-0.15, -0.1) is 0 Å². The summed E-state index contributed by atoms with van der Waals surface area (Å²) < 4.78 is 16.5. The summed E-state index contributed by atoms with van der Waals surface area (Å²) in [6.07, 6.45) is 0.448. The van der Waals surface area contributed by atoms with Gasteiger partial charge in [-0.1, -0.05) is 37.3 Å². The van der Waals surface area contributed by atoms with Crippen molar-refractivity contribution in [2.45, 2.75) is 45.6 Å². The van der Waals surface area contributed by atoms with Crippen LogP contribution < -0.4 is 9.47 Å². The van der Waals surface area contributed by atoms with Crippen LogP contribution in [0.5, 0.6) is 11.5 Å². The zero-order valence-electron chi connectivity index (χ0n) is 17.4. The zero-order valence-corrected chi connectivity index (χ0v) is 17.4. The number of ether oxygens (including phenoxy) is 3. The van der Waals surface area contributed by atoms with Gasteiger partial charge in [0.25, 0.3) is 0 Å². The van der Waals surface area contributed by atoms with Crippen molar-refractivity contribution in [1.29, 1.82) is 0 Å². The molecule has 0 unspecified atom stereocenters. The van der Waals surface area contributed by atoms with Crippen LogP contribution in [-0.2, 0) is 17.9 Å². The van der Waals surface area contributed by atoms with Crippen LogP contribution in [-0.4, -0.2) is 49.5 Å². The maximum absolute atomic E-state index is 10.5. The maximum atomic E-state index is 10.5. The van der Waals surface area contributed by atoms with Crippen LogP contribution in [0, 0.1) is 0 Å². The van der Waals surface area contributed by atoms with E-state index in [0.29, 0.717) is 32.3 Å². The molecule has 0 spiro atoms. The number of aliphatic hydroxyl groups excluding tert-OH is 1. The van der Waals surface area contributed by atoms with Crippen molar-refractivity contribution in [1.82, 2.24) is 4.90 Å². The van der Waals surface area contributed by atoms with E-state index in [9.17, 15) is 5.11 Å². The Morgan fingerprint density at radius 1 is 0.964 bits per heavy atom. The van der Waals surface area contributed by atoms with E-state index in [1.807, 2.05) is 48.5 Å². The minimum Gasteiger partial charge on any atom is -0.497 e. The summed E-state index contributed by atoms with van der Waals surface area (Å²) in [4.78, 5) is 2.27. The fourth-order valence-corrected chi connectivity index (χ4v) is 3.06. The Morgan fingerprint density at radius 2 is 1.61 bits per heavy atom. The van der Waals surface area contributed by atoms with E-state index in [0.717, 1.165) is 29.0 Å². The molecule has 0 amide bonds. The van der Waals surface area contributed by atoms with Crippen molar-refractivity contribution in [3.05, 3.63) is 59.7 Å². The molecule has 28 heavy (non-hydrogen) atoms. The summed E-state index contributed by atoms with van der Waals surface area (Å²) in [5, 5.41) is 10.5. The molecule has 0 bridgehead atoms. The summed E-state index contributed by atoms with van der Waals surface area (Å²) in [6.45, 7) is 6.40. The summed E-state index contributed by atoms with van der Waals surface area (Å²) in [5.74, 6) is 1.54. The number of methoxy groups -OCH3 is 2. The molecule has 0 heterocycles. The molecular formula is C23H33NO4. The van der Waals surface area contributed by atoms with Gasteiger partial charge in [-0.2, -0.15) is 0 Å². The first-order valence-electron chi connectivity index (χ1n) is 9.81. The van der Waals surface area contributed by atoms with Crippen LogP contribution in [0.2, 0.25) is 0 Å². The Labute approximate surface area is 168 Å². The topological polar surface area (TPSA) is 51.2 Å². The number of aliphatic hydroxyl groups is 1. The summed E-state index contributed by atoms with van der Waals surface area (Å²) in [7, 11) is 3.30. The molecule has 0 saturated heterocycles. The Kier molecular flexibility index (Phi) is 9.28. The molecule has 2 aromatic rings. The molecule has 0 fully saturated rings. The first-order chi connectivity index (χ1) is 13.5. The van der Waals surface area contributed by atoms with Gasteiger partial charge in [0.1, 0.15) is 11.5 Å². The first-order valence-corrected chi connectivity index (χ1v) is 9.81. The minimum absolute atomic E-state index is 0.309. The van der Waals surface area contributed by atoms with Crippen LogP contribution in [0.25, 0.3) is 0 Å². The SMILES string of the molecule is CC[C@H](C)N(Cc1cc(OC)cc(OC)c1)C[C@@H](O)COCc1ccccc1. The average Bonchev–Trinajstić information content (AvgIpc) is 2.73. The Hall–Kier alpha value is -2.08. The smallest absolute Gasteiger partial charge is 0.122 e. The van der Waals surface area contributed by atoms with Crippen molar-refractivity contribution in [3.63, 3.8) is 0 Å². The van der Waals surface area contributed by atoms with Crippen LogP contribution >= 0.6 is 0 Å². The number of nitrogens with zero attached hydrogens (tertiary/aromatic N) is 1. The van der Waals surface area contributed by atoms with Gasteiger partial charge >= 0.3 is 0 Å². The molecule has 2 aromatic carbocycles. The van der Waals surface area contributed by atoms with Crippen LogP contribution in [0.15, 0.2) is 48.5 Å². The molecule has 0 radical (unpaired) electrons. The molecule has 0 aliphatic carbocycles. The van der Waals surface area contributed by atoms with Gasteiger partial charge in [-0.3, -0.25) is 4.90 Å². The molecule has 5 heteroatoms. The normalized spacial score (nSPS) is 13.4. The molecule has 154 valence electrons. The quantitative estimate of drug-likeness (QED) is 0.599. The molecule has 0 saturated carbocycles. The van der Waals surface area contributed by atoms with Gasteiger partial charge in [0.05, 0.1) is 33.5 Å². The van der Waals surface area contributed by atoms with Crippen LogP contribution in [0.1, 0.15) is 31.4 Å². The molecule has 0 aliphatic rings. The van der Waals surface area contributed by atoms with Crippen molar-refractivity contribution in [2.75, 3.05) is 27.4 Å². The third kappa shape index (κ3) is 7.15. The second-order valence-electron chi connectivity index (χ2n) is 7.06. The lowest BCUT2D eigenvalue weighted by atomic mass is 10.1. The third-order valence-electron chi connectivity index (χ3n) is 4.88. The average molecular weight is 388 g/mol. The second-order valence-corrected chi connectivity index (χ2v) is 7.06. The Balaban J connectivity index is 1.95. The lowest BCUT2D eigenvalue weighted by molar-refractivity contribution is 0.00143. The second kappa shape index (κ2) is 11.7. The highest BCUT2D eigenvalue weighted by Gasteiger charge is 2.18. The fourth-order valence-electron chi connectivity index (χ4n) is 3.06. The summed E-state index contributed by atoms with van der Waals surface area (Å²) in [6, 6.07) is 16.2. The molecular weight excluding hydrogens is 354 g/mol. The van der Waals surface area contributed by atoms with E-state index in [1.165, 1.54) is 0 Å². The largest absolute Gasteiger partial charge is 0.497 e. The standard InChI is InChI=1S/C23H33NO4/c1-5-18(2)24(14-20-11-22(26-3)13-23(12-20)27-4)15-21(25)17-28-16-19-9-7-6-8-10-19/h6-13,18,21,25H,5,14-17H2,1-4H3/t18-,21+/m0/s1. The highest BCUT2D eigenvalue weighted by Crippen LogP contribution is 2.24. The van der Waals surface area contributed by atoms with Gasteiger partial charge in [0.15, 0.2) is 0 Å². The van der Waals surface area contributed by atoms with E-state index < -0.39 is 6.10 Å². The van der Waals surface area contributed by atoms with Crippen LogP contribution in [0.4, 0.5) is 0 Å². The predicted octanol–water partition coefficient (Wildman–Crippen LogP) is 3.88. The van der Waals surface area contributed by atoms with E-state index in [4.69, 9.17) is 14.2 Å². The lowest BCUT2D eigenvalue weighted by Crippen LogP contribution is -2.39. The van der Waals surface area contributed by atoms with E-state index in [-0.39, 0.29) is 0 Å². The molecule has 2 atom stereocenters. The highest BCUT2D eigenvalue weighted by atomic mass is 16.5. The summed E-state index contributed by atoms with van der Waals surface area (Å²) >= 11 is 0. The predicted molar refractivity (Wildman–Crippen MR) is 112 cm³/mol. The van der Waals surface area contributed by atoms with Gasteiger partial charge in [-0.25, -0.2) is 0 Å². The Bertz CT molecular complexity index is 670. The molecule has 0 aromatic heterocycles. The van der Waals surface area contributed by atoms with Crippen molar-refractivity contribution in [3.8, 4) is 11.5 Å². The number of hydrogen-bond acceptors (Lipinski definition) is 5. The van der Waals surface area contributed by atoms with E-state index in [2.05, 4.69) is 18.7 Å². The maximum Gasteiger partial charge on any atom is 0.122 e. The van der Waals surface area contributed by atoms with Crippen LogP contribution in [0.3, 0.4) is 0 Å². The molecule has 5 nitrogen and oxygen atoms in total. The van der Waals surface area contributed by atoms with Crippen molar-refractivity contribution in [2.24, 2.45) is 0 Å². The molecule has 2 rings (SSSR count). The number of benzene rings is 2. The fraction of sp³-hybridized carbons (Fsp3) is 0.478. The van der Waals surface area contributed by atoms with E-state index in [1.54, 1.807) is 14.2 Å². The minimum atomic E-state index is -0.551. The number of rotatable bonds is 12. The zero-order chi connectivity index (χ0) is 20.4. The van der Waals surface area contributed by atoms with Gasteiger partial charge in [0, 0.05) is 25.2 Å². The van der Waals surface area contributed by atoms with Gasteiger partial charge < -0.3 is 19.3 Å². The Morgan fingerprint density at radius 3 is 2.18 bits per heavy atom. The van der Waals surface area contributed by atoms with Gasteiger partial charge in [-0.05, 0) is 36.6 Å². The van der Waals surface area contributed by atoms with Crippen molar-refractivity contribution < 1.29 is 19.3 Å². The first kappa shape index (κ1) is 22.2. The third-order valence-corrected chi connectivity index (χ3v) is 4.88. The summed E-state index contributed by atoms with van der Waals surface area (Å²) in [5.41, 5.74) is 2.20.